The number of amides is 4. The fraction of sp³-hybridized carbons (Fsp3) is 0.800. The Labute approximate surface area is 166 Å². The molecule has 3 atom stereocenters. The normalized spacial score (nSPS) is 24.4. The summed E-state index contributed by atoms with van der Waals surface area (Å²) in [5.74, 6) is -1.09. The Morgan fingerprint density at radius 3 is 2.50 bits per heavy atom. The number of likely N-dealkylation sites (tertiary alicyclic amines) is 1. The molecule has 2 heterocycles. The molecule has 2 saturated heterocycles. The zero-order chi connectivity index (χ0) is 20.7. The molecule has 0 aromatic heterocycles. The van der Waals surface area contributed by atoms with Crippen molar-refractivity contribution >= 4 is 23.8 Å². The highest BCUT2D eigenvalue weighted by Gasteiger charge is 2.49. The maximum absolute atomic E-state index is 13.0. The van der Waals surface area contributed by atoms with Gasteiger partial charge in [0.2, 0.25) is 11.8 Å². The van der Waals surface area contributed by atoms with Crippen molar-refractivity contribution in [1.29, 1.82) is 0 Å². The molecule has 2 aliphatic rings. The number of cyclic esters (lactones) is 1. The number of carbonyl (C=O) groups excluding carboxylic acids is 4. The van der Waals surface area contributed by atoms with Crippen molar-refractivity contribution in [2.45, 2.75) is 90.3 Å². The van der Waals surface area contributed by atoms with Gasteiger partial charge in [-0.3, -0.25) is 14.4 Å². The molecule has 1 N–H and O–H groups in total. The molecule has 8 nitrogen and oxygen atoms in total. The van der Waals surface area contributed by atoms with Gasteiger partial charge in [-0.05, 0) is 26.2 Å². The van der Waals surface area contributed by atoms with Crippen molar-refractivity contribution < 1.29 is 23.9 Å². The summed E-state index contributed by atoms with van der Waals surface area (Å²) in [4.78, 5) is 51.6. The predicted octanol–water partition coefficient (Wildman–Crippen LogP) is 2.21. The van der Waals surface area contributed by atoms with Gasteiger partial charge in [0.15, 0.2) is 6.04 Å². The van der Waals surface area contributed by atoms with E-state index in [-0.39, 0.29) is 5.91 Å². The molecule has 28 heavy (non-hydrogen) atoms. The zero-order valence-corrected chi connectivity index (χ0v) is 17.2. The van der Waals surface area contributed by atoms with Crippen molar-refractivity contribution in [1.82, 2.24) is 15.1 Å². The summed E-state index contributed by atoms with van der Waals surface area (Å²) in [6.45, 7) is 6.04. The molecule has 158 valence electrons. The van der Waals surface area contributed by atoms with Gasteiger partial charge in [0.25, 0.3) is 5.91 Å². The molecule has 2 aliphatic heterocycles. The van der Waals surface area contributed by atoms with Crippen LogP contribution in [0.1, 0.15) is 72.1 Å². The third-order valence-electron chi connectivity index (χ3n) is 5.47. The fourth-order valence-electron chi connectivity index (χ4n) is 3.95. The third kappa shape index (κ3) is 5.23. The number of hydrogen-bond donors (Lipinski definition) is 1. The number of hydrogen-bond acceptors (Lipinski definition) is 5. The molecule has 2 rings (SSSR count). The largest absolute Gasteiger partial charge is 0.443 e. The van der Waals surface area contributed by atoms with Gasteiger partial charge in [-0.2, -0.15) is 0 Å². The monoisotopic (exact) mass is 395 g/mol. The molecule has 0 aromatic rings. The van der Waals surface area contributed by atoms with E-state index in [9.17, 15) is 19.2 Å². The van der Waals surface area contributed by atoms with E-state index in [0.29, 0.717) is 19.5 Å². The molecule has 0 bridgehead atoms. The van der Waals surface area contributed by atoms with Gasteiger partial charge in [0.1, 0.15) is 12.1 Å². The van der Waals surface area contributed by atoms with Crippen LogP contribution in [0.3, 0.4) is 0 Å². The van der Waals surface area contributed by atoms with Gasteiger partial charge in [-0.25, -0.2) is 9.69 Å². The topological polar surface area (TPSA) is 96.0 Å². The highest BCUT2D eigenvalue weighted by Crippen LogP contribution is 2.26. The molecule has 0 spiro atoms. The van der Waals surface area contributed by atoms with E-state index in [1.54, 1.807) is 6.92 Å². The molecule has 0 radical (unpaired) electrons. The molecular formula is C20H33N3O5. The van der Waals surface area contributed by atoms with E-state index >= 15 is 0 Å². The Morgan fingerprint density at radius 1 is 1.14 bits per heavy atom. The van der Waals surface area contributed by atoms with Crippen molar-refractivity contribution in [2.24, 2.45) is 0 Å². The number of imide groups is 1. The third-order valence-corrected chi connectivity index (χ3v) is 5.47. The quantitative estimate of drug-likeness (QED) is 0.604. The van der Waals surface area contributed by atoms with Crippen LogP contribution < -0.4 is 5.32 Å². The minimum absolute atomic E-state index is 0.160. The molecular weight excluding hydrogens is 362 g/mol. The molecule has 2 fully saturated rings. The van der Waals surface area contributed by atoms with Crippen LogP contribution in [0, 0.1) is 0 Å². The van der Waals surface area contributed by atoms with E-state index in [4.69, 9.17) is 4.74 Å². The van der Waals surface area contributed by atoms with E-state index in [1.807, 2.05) is 0 Å². The Kier molecular flexibility index (Phi) is 8.26. The van der Waals surface area contributed by atoms with Crippen molar-refractivity contribution in [2.75, 3.05) is 13.1 Å². The maximum Gasteiger partial charge on any atom is 0.417 e. The lowest BCUT2D eigenvalue weighted by atomic mass is 10.1. The Hall–Kier alpha value is -2.12. The van der Waals surface area contributed by atoms with E-state index in [1.165, 1.54) is 37.5 Å². The lowest BCUT2D eigenvalue weighted by molar-refractivity contribution is -0.145. The second-order valence-electron chi connectivity index (χ2n) is 7.67. The number of nitrogens with one attached hydrogen (secondary N) is 1. The van der Waals surface area contributed by atoms with Crippen molar-refractivity contribution in [3.63, 3.8) is 0 Å². The van der Waals surface area contributed by atoms with Gasteiger partial charge in [-0.1, -0.05) is 39.0 Å². The number of unbranched alkanes of at least 4 members (excludes halogenated alkanes) is 5. The average molecular weight is 396 g/mol. The Balaban J connectivity index is 1.89. The summed E-state index contributed by atoms with van der Waals surface area (Å²) < 4.78 is 5.06. The first-order valence-corrected chi connectivity index (χ1v) is 10.5. The van der Waals surface area contributed by atoms with Gasteiger partial charge in [-0.15, -0.1) is 0 Å². The summed E-state index contributed by atoms with van der Waals surface area (Å²) >= 11 is 0. The maximum atomic E-state index is 13.0. The van der Waals surface area contributed by atoms with Gasteiger partial charge in [0.05, 0.1) is 0 Å². The smallest absolute Gasteiger partial charge is 0.417 e. The summed E-state index contributed by atoms with van der Waals surface area (Å²) in [6, 6.07) is -1.55. The summed E-state index contributed by atoms with van der Waals surface area (Å²) in [6.07, 6.45) is 6.64. The Morgan fingerprint density at radius 2 is 1.82 bits per heavy atom. The highest BCUT2D eigenvalue weighted by molar-refractivity contribution is 6.00. The van der Waals surface area contributed by atoms with Crippen molar-refractivity contribution in [3.8, 4) is 0 Å². The average Bonchev–Trinajstić information content (AvgIpc) is 3.24. The van der Waals surface area contributed by atoms with Crippen LogP contribution in [-0.2, 0) is 19.1 Å². The second-order valence-corrected chi connectivity index (χ2v) is 7.67. The van der Waals surface area contributed by atoms with Crippen LogP contribution in [0.4, 0.5) is 4.79 Å². The summed E-state index contributed by atoms with van der Waals surface area (Å²) in [5.41, 5.74) is 0. The number of ether oxygens (including phenoxy) is 1. The fourth-order valence-corrected chi connectivity index (χ4v) is 3.95. The van der Waals surface area contributed by atoms with Crippen LogP contribution in [0.15, 0.2) is 0 Å². The first-order chi connectivity index (χ1) is 13.4. The lowest BCUT2D eigenvalue weighted by Gasteiger charge is -2.29. The first kappa shape index (κ1) is 22.2. The standard InChI is InChI=1S/C20H33N3O5/c1-4-5-6-7-8-9-12-21-18(25)16-11-10-13-22(16)19(26)17-14(2)28-20(27)23(17)15(3)24/h14,16-17H,4-13H2,1-3H3,(H,21,25)/t14-,16+,17+/m1/s1. The van der Waals surface area contributed by atoms with Crippen molar-refractivity contribution in [3.05, 3.63) is 0 Å². The zero-order valence-electron chi connectivity index (χ0n) is 17.2. The number of rotatable bonds is 9. The summed E-state index contributed by atoms with van der Waals surface area (Å²) in [5, 5.41) is 2.93. The van der Waals surface area contributed by atoms with Crippen LogP contribution in [-0.4, -0.2) is 64.9 Å². The summed E-state index contributed by atoms with van der Waals surface area (Å²) in [7, 11) is 0. The first-order valence-electron chi connectivity index (χ1n) is 10.5. The predicted molar refractivity (Wildman–Crippen MR) is 103 cm³/mol. The second kappa shape index (κ2) is 10.4. The molecule has 4 amide bonds. The Bertz CT molecular complexity index is 594. The molecule has 0 aliphatic carbocycles. The van der Waals surface area contributed by atoms with E-state index < -0.39 is 36.1 Å². The number of carbonyl (C=O) groups is 4. The van der Waals surface area contributed by atoms with Gasteiger partial charge >= 0.3 is 6.09 Å². The molecule has 0 saturated carbocycles. The molecule has 0 unspecified atom stereocenters. The van der Waals surface area contributed by atoms with Crippen LogP contribution >= 0.6 is 0 Å². The minimum Gasteiger partial charge on any atom is -0.443 e. The molecule has 0 aromatic carbocycles. The van der Waals surface area contributed by atoms with Gasteiger partial charge in [0, 0.05) is 20.0 Å². The van der Waals surface area contributed by atoms with Gasteiger partial charge < -0.3 is 15.0 Å². The number of nitrogens with zero attached hydrogens (tertiary/aromatic N) is 2. The van der Waals surface area contributed by atoms with Crippen LogP contribution in [0.5, 0.6) is 0 Å². The minimum atomic E-state index is -1.00. The SMILES string of the molecule is CCCCCCCCNC(=O)[C@@H]1CCCN1C(=O)[C@@H]1[C@@H](C)OC(=O)N1C(C)=O. The van der Waals surface area contributed by atoms with E-state index in [0.717, 1.165) is 24.2 Å². The van der Waals surface area contributed by atoms with Crippen LogP contribution in [0.25, 0.3) is 0 Å². The molecule has 8 heteroatoms. The highest BCUT2D eigenvalue weighted by atomic mass is 16.6. The van der Waals surface area contributed by atoms with Crippen LogP contribution in [0.2, 0.25) is 0 Å². The lowest BCUT2D eigenvalue weighted by Crippen LogP contribution is -2.55. The van der Waals surface area contributed by atoms with E-state index in [2.05, 4.69) is 12.2 Å².